The van der Waals surface area contributed by atoms with E-state index in [4.69, 9.17) is 39.5 Å². The molecular weight excluding hydrogens is 487 g/mol. The summed E-state index contributed by atoms with van der Waals surface area (Å²) < 4.78 is 5.89. The summed E-state index contributed by atoms with van der Waals surface area (Å²) in [6.07, 6.45) is 1.34. The van der Waals surface area contributed by atoms with E-state index >= 15 is 0 Å². The van der Waals surface area contributed by atoms with Crippen LogP contribution in [0.3, 0.4) is 0 Å². The van der Waals surface area contributed by atoms with Gasteiger partial charge in [0.2, 0.25) is 0 Å². The molecule has 1 fully saturated rings. The van der Waals surface area contributed by atoms with E-state index in [9.17, 15) is 14.4 Å². The third-order valence-electron chi connectivity index (χ3n) is 4.75. The Hall–Kier alpha value is -3.32. The molecule has 9 heteroatoms. The minimum Gasteiger partial charge on any atom is -0.488 e. The Balaban J connectivity index is 1.67. The van der Waals surface area contributed by atoms with Gasteiger partial charge >= 0.3 is 6.03 Å². The van der Waals surface area contributed by atoms with Crippen molar-refractivity contribution in [2.75, 3.05) is 4.90 Å². The molecule has 0 atom stereocenters. The lowest BCUT2D eigenvalue weighted by Gasteiger charge is -2.26. The largest absolute Gasteiger partial charge is 0.488 e. The zero-order chi connectivity index (χ0) is 23.5. The van der Waals surface area contributed by atoms with Crippen LogP contribution in [0.25, 0.3) is 6.08 Å². The Morgan fingerprint density at radius 2 is 1.55 bits per heavy atom. The fourth-order valence-corrected chi connectivity index (χ4v) is 3.66. The maximum atomic E-state index is 13.1. The first-order valence-electron chi connectivity index (χ1n) is 9.65. The third-order valence-corrected chi connectivity index (χ3v) is 5.47. The lowest BCUT2D eigenvalue weighted by Crippen LogP contribution is -2.54. The van der Waals surface area contributed by atoms with Gasteiger partial charge in [0.25, 0.3) is 11.8 Å². The fourth-order valence-electron chi connectivity index (χ4n) is 3.17. The van der Waals surface area contributed by atoms with Gasteiger partial charge in [0, 0.05) is 20.6 Å². The summed E-state index contributed by atoms with van der Waals surface area (Å²) in [6.45, 7) is 0.224. The number of nitrogens with zero attached hydrogens (tertiary/aromatic N) is 1. The van der Waals surface area contributed by atoms with Crippen molar-refractivity contribution in [3.8, 4) is 5.75 Å². The molecule has 0 radical (unpaired) electrons. The SMILES string of the molecule is O=C1NC(=O)N(c2cccc(Cl)c2)C(=O)/C1=C/c1cc(Cl)ccc1OCc1ccc(Cl)cc1. The number of hydrogen-bond acceptors (Lipinski definition) is 4. The molecule has 4 rings (SSSR count). The van der Waals surface area contributed by atoms with Crippen molar-refractivity contribution in [1.29, 1.82) is 0 Å². The third kappa shape index (κ3) is 5.20. The molecule has 1 saturated heterocycles. The van der Waals surface area contributed by atoms with Gasteiger partial charge in [0.05, 0.1) is 5.69 Å². The first kappa shape index (κ1) is 22.9. The molecule has 4 amide bonds. The van der Waals surface area contributed by atoms with Gasteiger partial charge in [-0.1, -0.05) is 53.0 Å². The number of carbonyl (C=O) groups is 3. The second-order valence-electron chi connectivity index (χ2n) is 7.04. The summed E-state index contributed by atoms with van der Waals surface area (Å²) >= 11 is 18.1. The number of benzene rings is 3. The van der Waals surface area contributed by atoms with Crippen molar-refractivity contribution in [2.45, 2.75) is 6.61 Å². The first-order valence-corrected chi connectivity index (χ1v) is 10.8. The number of barbiturate groups is 1. The summed E-state index contributed by atoms with van der Waals surface area (Å²) in [5, 5.41) is 3.50. The van der Waals surface area contributed by atoms with Gasteiger partial charge in [0.1, 0.15) is 17.9 Å². The Labute approximate surface area is 204 Å². The molecule has 1 aliphatic rings. The quantitative estimate of drug-likeness (QED) is 0.349. The number of hydrogen-bond donors (Lipinski definition) is 1. The number of halogens is 3. The van der Waals surface area contributed by atoms with Gasteiger partial charge in [-0.25, -0.2) is 9.69 Å². The number of imide groups is 2. The molecule has 33 heavy (non-hydrogen) atoms. The van der Waals surface area contributed by atoms with Crippen LogP contribution in [0.5, 0.6) is 5.75 Å². The molecule has 0 aliphatic carbocycles. The molecule has 0 aromatic heterocycles. The van der Waals surface area contributed by atoms with Crippen LogP contribution in [-0.4, -0.2) is 17.8 Å². The van der Waals surface area contributed by atoms with Crippen LogP contribution < -0.4 is 15.0 Å². The highest BCUT2D eigenvalue weighted by Gasteiger charge is 2.37. The minimum absolute atomic E-state index is 0.224. The Kier molecular flexibility index (Phi) is 6.70. The van der Waals surface area contributed by atoms with Crippen LogP contribution >= 0.6 is 34.8 Å². The predicted octanol–water partition coefficient (Wildman–Crippen LogP) is 5.89. The number of rotatable bonds is 5. The van der Waals surface area contributed by atoms with Gasteiger partial charge < -0.3 is 4.74 Å². The predicted molar refractivity (Wildman–Crippen MR) is 128 cm³/mol. The van der Waals surface area contributed by atoms with E-state index in [1.165, 1.54) is 18.2 Å². The smallest absolute Gasteiger partial charge is 0.335 e. The van der Waals surface area contributed by atoms with Crippen LogP contribution in [-0.2, 0) is 16.2 Å². The molecule has 3 aromatic rings. The summed E-state index contributed by atoms with van der Waals surface area (Å²) in [6, 6.07) is 17.3. The maximum Gasteiger partial charge on any atom is 0.335 e. The monoisotopic (exact) mass is 500 g/mol. The standard InChI is InChI=1S/C24H15Cl3N2O4/c25-16-6-4-14(5-7-16)13-33-21-9-8-18(27)10-15(21)11-20-22(30)28-24(32)29(23(20)31)19-3-1-2-17(26)12-19/h1-12H,13H2,(H,28,30,32)/b20-11+. The number of carbonyl (C=O) groups excluding carboxylic acids is 3. The lowest BCUT2D eigenvalue weighted by molar-refractivity contribution is -0.122. The molecule has 0 unspecified atom stereocenters. The second kappa shape index (κ2) is 9.67. The Morgan fingerprint density at radius 1 is 0.848 bits per heavy atom. The van der Waals surface area contributed by atoms with Gasteiger partial charge in [-0.15, -0.1) is 0 Å². The average Bonchev–Trinajstić information content (AvgIpc) is 2.77. The molecule has 6 nitrogen and oxygen atoms in total. The van der Waals surface area contributed by atoms with Crippen LogP contribution in [0.2, 0.25) is 15.1 Å². The number of nitrogens with one attached hydrogen (secondary N) is 1. The van der Waals surface area contributed by atoms with E-state index in [-0.39, 0.29) is 17.9 Å². The fraction of sp³-hybridized carbons (Fsp3) is 0.0417. The molecule has 1 N–H and O–H groups in total. The zero-order valence-electron chi connectivity index (χ0n) is 16.8. The highest BCUT2D eigenvalue weighted by Crippen LogP contribution is 2.29. The average molecular weight is 502 g/mol. The van der Waals surface area contributed by atoms with Gasteiger partial charge in [0.15, 0.2) is 0 Å². The lowest BCUT2D eigenvalue weighted by atomic mass is 10.1. The Morgan fingerprint density at radius 3 is 2.27 bits per heavy atom. The van der Waals surface area contributed by atoms with Gasteiger partial charge in [-0.2, -0.15) is 0 Å². The summed E-state index contributed by atoms with van der Waals surface area (Å²) in [5.74, 6) is -1.23. The number of amides is 4. The van der Waals surface area contributed by atoms with E-state index in [1.807, 2.05) is 12.1 Å². The van der Waals surface area contributed by atoms with Crippen molar-refractivity contribution in [3.05, 3.63) is 98.5 Å². The van der Waals surface area contributed by atoms with Crippen molar-refractivity contribution < 1.29 is 19.1 Å². The summed E-state index contributed by atoms with van der Waals surface area (Å²) in [4.78, 5) is 38.8. The molecule has 0 saturated carbocycles. The second-order valence-corrected chi connectivity index (χ2v) is 8.34. The van der Waals surface area contributed by atoms with Crippen molar-refractivity contribution in [3.63, 3.8) is 0 Å². The van der Waals surface area contributed by atoms with E-state index in [0.29, 0.717) is 26.4 Å². The van der Waals surface area contributed by atoms with Gasteiger partial charge in [-0.3, -0.25) is 14.9 Å². The molecular formula is C24H15Cl3N2O4. The normalized spacial score (nSPS) is 15.1. The molecule has 166 valence electrons. The van der Waals surface area contributed by atoms with Crippen LogP contribution in [0.15, 0.2) is 72.3 Å². The topological polar surface area (TPSA) is 75.7 Å². The molecule has 1 heterocycles. The minimum atomic E-state index is -0.866. The summed E-state index contributed by atoms with van der Waals surface area (Å²) in [7, 11) is 0. The van der Waals surface area contributed by atoms with Gasteiger partial charge in [-0.05, 0) is 60.2 Å². The summed E-state index contributed by atoms with van der Waals surface area (Å²) in [5.41, 5.74) is 1.24. The van der Waals surface area contributed by atoms with Crippen LogP contribution in [0.4, 0.5) is 10.5 Å². The molecule has 0 bridgehead atoms. The zero-order valence-corrected chi connectivity index (χ0v) is 19.1. The Bertz CT molecular complexity index is 1290. The first-order chi connectivity index (χ1) is 15.8. The van der Waals surface area contributed by atoms with E-state index < -0.39 is 17.8 Å². The number of ether oxygens (including phenoxy) is 1. The van der Waals surface area contributed by atoms with Crippen LogP contribution in [0, 0.1) is 0 Å². The van der Waals surface area contributed by atoms with Crippen LogP contribution in [0.1, 0.15) is 11.1 Å². The highest BCUT2D eigenvalue weighted by molar-refractivity contribution is 6.39. The van der Waals surface area contributed by atoms with E-state index in [0.717, 1.165) is 10.5 Å². The van der Waals surface area contributed by atoms with Crippen molar-refractivity contribution in [1.82, 2.24) is 5.32 Å². The van der Waals surface area contributed by atoms with E-state index in [1.54, 1.807) is 42.5 Å². The molecule has 3 aromatic carbocycles. The number of anilines is 1. The molecule has 0 spiro atoms. The van der Waals surface area contributed by atoms with E-state index in [2.05, 4.69) is 5.32 Å². The van der Waals surface area contributed by atoms with Crippen molar-refractivity contribution in [2.24, 2.45) is 0 Å². The molecule has 1 aliphatic heterocycles. The maximum absolute atomic E-state index is 13.1. The van der Waals surface area contributed by atoms with Crippen molar-refractivity contribution >= 4 is 64.4 Å². The number of urea groups is 1. The highest BCUT2D eigenvalue weighted by atomic mass is 35.5.